The van der Waals surface area contributed by atoms with Crippen LogP contribution in [0.2, 0.25) is 0 Å². The van der Waals surface area contributed by atoms with E-state index in [1.165, 1.54) is 0 Å². The van der Waals surface area contributed by atoms with E-state index < -0.39 is 7.82 Å². The Morgan fingerprint density at radius 1 is 1.12 bits per heavy atom. The van der Waals surface area contributed by atoms with E-state index in [4.69, 9.17) is 19.2 Å². The second kappa shape index (κ2) is 8.99. The molecule has 0 aliphatic heterocycles. The van der Waals surface area contributed by atoms with E-state index in [1.54, 1.807) is 0 Å². The number of phosphoric acid groups is 1. The predicted octanol–water partition coefficient (Wildman–Crippen LogP) is -6.20. The minimum Gasteiger partial charge on any atom is -0.822 e. The third kappa shape index (κ3) is 98.4. The molecule has 0 aliphatic carbocycles. The zero-order valence-corrected chi connectivity index (χ0v) is 7.65. The molecule has 0 aromatic heterocycles. The summed E-state index contributed by atoms with van der Waals surface area (Å²) in [5.74, 6) is 0. The van der Waals surface area contributed by atoms with E-state index in [-0.39, 0.29) is 59.0 Å². The van der Waals surface area contributed by atoms with Crippen molar-refractivity contribution in [3.63, 3.8) is 0 Å². The fraction of sp³-hybridized carbons (Fsp3) is 0. The van der Waals surface area contributed by atoms with Gasteiger partial charge in [0.25, 0.3) is 0 Å². The van der Waals surface area contributed by atoms with Gasteiger partial charge in [0.2, 0.25) is 0 Å². The summed E-state index contributed by atoms with van der Waals surface area (Å²) in [6.07, 6.45) is 0. The standard InChI is InChI=1S/Li.Mg.Mn.H3O4P/c;;;1-5(2,3)4/h;;;(H3,1,2,3,4)/q+1;+2;;/p-3. The molecule has 0 fully saturated rings. The van der Waals surface area contributed by atoms with E-state index in [9.17, 15) is 0 Å². The molecule has 0 aromatic carbocycles. The third-order valence-electron chi connectivity index (χ3n) is 0. The first-order valence-corrected chi connectivity index (χ1v) is 2.19. The number of rotatable bonds is 0. The van der Waals surface area contributed by atoms with Crippen LogP contribution >= 0.6 is 7.82 Å². The Balaban J connectivity index is -0.0000000267. The second-order valence-corrected chi connectivity index (χ2v) is 1.34. The van der Waals surface area contributed by atoms with Crippen LogP contribution in [-0.4, -0.2) is 23.1 Å². The number of hydrogen-bond donors (Lipinski definition) is 0. The van der Waals surface area contributed by atoms with Gasteiger partial charge in [0, 0.05) is 17.1 Å². The van der Waals surface area contributed by atoms with Gasteiger partial charge in [-0.1, -0.05) is 0 Å². The van der Waals surface area contributed by atoms with Crippen molar-refractivity contribution in [1.82, 2.24) is 0 Å². The quantitative estimate of drug-likeness (QED) is 0.275. The van der Waals surface area contributed by atoms with Crippen LogP contribution in [0.3, 0.4) is 0 Å². The molecule has 0 atom stereocenters. The zero-order valence-electron chi connectivity index (χ0n) is 4.17. The van der Waals surface area contributed by atoms with Gasteiger partial charge in [0.1, 0.15) is 0 Å². The molecule has 0 rings (SSSR count). The van der Waals surface area contributed by atoms with Crippen molar-refractivity contribution < 1.29 is 55.2 Å². The van der Waals surface area contributed by atoms with Crippen molar-refractivity contribution in [3.05, 3.63) is 0 Å². The molecule has 0 spiro atoms. The van der Waals surface area contributed by atoms with Crippen molar-refractivity contribution in [2.45, 2.75) is 0 Å². The molecular formula is LiMgMnO4P. The Hall–Kier alpha value is 1.99. The molecular weight excluding hydrogens is 181 g/mol. The molecule has 0 aromatic rings. The maximum absolute atomic E-state index is 8.55. The molecule has 8 heteroatoms. The van der Waals surface area contributed by atoms with Crippen molar-refractivity contribution in [2.75, 3.05) is 0 Å². The molecule has 0 aliphatic rings. The van der Waals surface area contributed by atoms with E-state index >= 15 is 0 Å². The first-order valence-electron chi connectivity index (χ1n) is 0.730. The molecule has 0 unspecified atom stereocenters. The van der Waals surface area contributed by atoms with Crippen LogP contribution in [0.25, 0.3) is 0 Å². The first kappa shape index (κ1) is 22.5. The maximum atomic E-state index is 8.55. The van der Waals surface area contributed by atoms with Crippen LogP contribution in [0.4, 0.5) is 0 Å². The van der Waals surface area contributed by atoms with Gasteiger partial charge in [-0.3, -0.25) is 0 Å². The van der Waals surface area contributed by atoms with Gasteiger partial charge < -0.3 is 19.2 Å². The van der Waals surface area contributed by atoms with Gasteiger partial charge in [-0.15, -0.1) is 0 Å². The van der Waals surface area contributed by atoms with Crippen molar-refractivity contribution in [3.8, 4) is 0 Å². The summed E-state index contributed by atoms with van der Waals surface area (Å²) in [6, 6.07) is 0. The Kier molecular flexibility index (Phi) is 25.3. The molecule has 1 radical (unpaired) electrons. The Labute approximate surface area is 85.5 Å². The summed E-state index contributed by atoms with van der Waals surface area (Å²) in [4.78, 5) is 25.6. The molecule has 39 valence electrons. The van der Waals surface area contributed by atoms with Crippen molar-refractivity contribution in [2.24, 2.45) is 0 Å². The summed E-state index contributed by atoms with van der Waals surface area (Å²) >= 11 is 0. The first-order chi connectivity index (χ1) is 2.00. The van der Waals surface area contributed by atoms with Crippen LogP contribution in [0.1, 0.15) is 0 Å². The average molecular weight is 181 g/mol. The van der Waals surface area contributed by atoms with Crippen LogP contribution in [0.15, 0.2) is 0 Å². The third-order valence-corrected chi connectivity index (χ3v) is 0. The predicted molar refractivity (Wildman–Crippen MR) is 13.4 cm³/mol. The summed E-state index contributed by atoms with van der Waals surface area (Å²) in [6.45, 7) is 0. The van der Waals surface area contributed by atoms with Crippen LogP contribution in [-0.2, 0) is 21.6 Å². The molecule has 8 heavy (non-hydrogen) atoms. The second-order valence-electron chi connectivity index (χ2n) is 0.447. The van der Waals surface area contributed by atoms with Gasteiger partial charge >= 0.3 is 41.9 Å². The molecule has 0 amide bonds. The largest absolute Gasteiger partial charge is 2.00 e. The maximum Gasteiger partial charge on any atom is 2.00 e. The van der Waals surface area contributed by atoms with E-state index in [1.807, 2.05) is 0 Å². The SMILES string of the molecule is O=P([O-])([O-])[O-].[Li+].[Mg+2].[Mn]. The van der Waals surface area contributed by atoms with E-state index in [0.717, 1.165) is 0 Å². The normalized spacial score (nSPS) is 7.38. The summed E-state index contributed by atoms with van der Waals surface area (Å²) < 4.78 is 8.55. The molecule has 0 bridgehead atoms. The van der Waals surface area contributed by atoms with Gasteiger partial charge in [0.15, 0.2) is 0 Å². The fourth-order valence-electron chi connectivity index (χ4n) is 0. The average Bonchev–Trinajstić information content (AvgIpc) is 0.722. The van der Waals surface area contributed by atoms with Gasteiger partial charge in [0.05, 0.1) is 0 Å². The molecule has 0 saturated carbocycles. The monoisotopic (exact) mass is 181 g/mol. The smallest absolute Gasteiger partial charge is 0.822 e. The zero-order chi connectivity index (χ0) is 4.50. The fourth-order valence-corrected chi connectivity index (χ4v) is 0. The molecule has 4 nitrogen and oxygen atoms in total. The Bertz CT molecular complexity index is 62.2. The summed E-state index contributed by atoms with van der Waals surface area (Å²) in [5, 5.41) is 0. The summed E-state index contributed by atoms with van der Waals surface area (Å²) in [7, 11) is -5.39. The molecule has 0 N–H and O–H groups in total. The van der Waals surface area contributed by atoms with Crippen LogP contribution in [0, 0.1) is 0 Å². The Morgan fingerprint density at radius 3 is 1.12 bits per heavy atom. The van der Waals surface area contributed by atoms with Gasteiger partial charge in [-0.2, -0.15) is 7.82 Å². The van der Waals surface area contributed by atoms with Crippen LogP contribution in [0.5, 0.6) is 0 Å². The van der Waals surface area contributed by atoms with Gasteiger partial charge in [-0.25, -0.2) is 0 Å². The molecule has 0 saturated heterocycles. The van der Waals surface area contributed by atoms with E-state index in [0.29, 0.717) is 0 Å². The minimum atomic E-state index is -5.39. The summed E-state index contributed by atoms with van der Waals surface area (Å²) in [5.41, 5.74) is 0. The van der Waals surface area contributed by atoms with Crippen LogP contribution < -0.4 is 33.5 Å². The topological polar surface area (TPSA) is 86.2 Å². The van der Waals surface area contributed by atoms with Crippen molar-refractivity contribution >= 4 is 30.9 Å². The number of hydrogen-bond acceptors (Lipinski definition) is 4. The van der Waals surface area contributed by atoms with Gasteiger partial charge in [-0.05, 0) is 0 Å². The van der Waals surface area contributed by atoms with Crippen molar-refractivity contribution in [1.29, 1.82) is 0 Å². The minimum absolute atomic E-state index is 0. The molecule has 0 heterocycles. The Morgan fingerprint density at radius 2 is 1.12 bits per heavy atom. The van der Waals surface area contributed by atoms with E-state index in [2.05, 4.69) is 0 Å².